The molecule has 2 aliphatic heterocycles. The van der Waals surface area contributed by atoms with Crippen molar-refractivity contribution in [2.24, 2.45) is 0 Å². The van der Waals surface area contributed by atoms with Crippen molar-refractivity contribution in [1.29, 1.82) is 0 Å². The highest BCUT2D eigenvalue weighted by Crippen LogP contribution is 2.39. The summed E-state index contributed by atoms with van der Waals surface area (Å²) in [5.74, 6) is -0.237. The highest BCUT2D eigenvalue weighted by Gasteiger charge is 2.47. The van der Waals surface area contributed by atoms with E-state index >= 15 is 0 Å². The number of hydrogen-bond acceptors (Lipinski definition) is 3. The summed E-state index contributed by atoms with van der Waals surface area (Å²) in [6, 6.07) is 0. The van der Waals surface area contributed by atoms with E-state index in [9.17, 15) is 4.79 Å². The van der Waals surface area contributed by atoms with Crippen molar-refractivity contribution in [2.45, 2.75) is 32.5 Å². The van der Waals surface area contributed by atoms with E-state index in [2.05, 4.69) is 0 Å². The molecule has 0 aromatic heterocycles. The molecule has 13 heavy (non-hydrogen) atoms. The smallest absolute Gasteiger partial charge is 0.335 e. The third-order valence-corrected chi connectivity index (χ3v) is 2.84. The number of carbonyl (C=O) groups is 1. The molecule has 3 heteroatoms. The number of carbonyl (C=O) groups excluding carboxylic acids is 1. The zero-order chi connectivity index (χ0) is 9.64. The summed E-state index contributed by atoms with van der Waals surface area (Å²) < 4.78 is 10.6. The van der Waals surface area contributed by atoms with Gasteiger partial charge in [-0.1, -0.05) is 0 Å². The van der Waals surface area contributed by atoms with Gasteiger partial charge in [-0.05, 0) is 26.8 Å². The maximum absolute atomic E-state index is 11.3. The monoisotopic (exact) mass is 180 g/mol. The van der Waals surface area contributed by atoms with Crippen molar-refractivity contribution < 1.29 is 14.3 Å². The molecule has 0 aromatic carbocycles. The summed E-state index contributed by atoms with van der Waals surface area (Å²) in [6.07, 6.45) is 3.31. The van der Waals surface area contributed by atoms with Crippen LogP contribution < -0.4 is 0 Å². The van der Waals surface area contributed by atoms with E-state index in [4.69, 9.17) is 9.47 Å². The zero-order valence-corrected chi connectivity index (χ0v) is 7.96. The average molecular weight is 180 g/mol. The summed E-state index contributed by atoms with van der Waals surface area (Å²) in [5, 5.41) is 0. The second-order valence-electron chi connectivity index (χ2n) is 3.62. The third-order valence-electron chi connectivity index (χ3n) is 2.84. The Hall–Kier alpha value is -1.25. The average Bonchev–Trinajstić information content (AvgIpc) is 2.29. The number of rotatable bonds is 0. The predicted octanol–water partition coefficient (Wildman–Crippen LogP) is 1.55. The molecule has 2 heterocycles. The lowest BCUT2D eigenvalue weighted by Crippen LogP contribution is -2.42. The van der Waals surface area contributed by atoms with Crippen LogP contribution in [0.15, 0.2) is 23.5 Å². The van der Waals surface area contributed by atoms with E-state index in [1.54, 1.807) is 19.3 Å². The number of esters is 1. The minimum absolute atomic E-state index is 0.117. The molecular weight excluding hydrogens is 168 g/mol. The van der Waals surface area contributed by atoms with Gasteiger partial charge in [-0.2, -0.15) is 0 Å². The summed E-state index contributed by atoms with van der Waals surface area (Å²) >= 11 is 0. The van der Waals surface area contributed by atoms with Crippen molar-refractivity contribution in [3.05, 3.63) is 23.5 Å². The first-order valence-corrected chi connectivity index (χ1v) is 4.32. The van der Waals surface area contributed by atoms with Gasteiger partial charge in [0.25, 0.3) is 0 Å². The van der Waals surface area contributed by atoms with E-state index in [1.807, 2.05) is 13.8 Å². The first kappa shape index (κ1) is 8.35. The van der Waals surface area contributed by atoms with Crippen LogP contribution in [-0.4, -0.2) is 17.7 Å². The Labute approximate surface area is 77.0 Å². The van der Waals surface area contributed by atoms with Crippen molar-refractivity contribution >= 4 is 5.97 Å². The largest absolute Gasteiger partial charge is 0.494 e. The number of ether oxygens (including phenoxy) is 2. The number of hydrogen-bond donors (Lipinski definition) is 0. The Morgan fingerprint density at radius 3 is 2.85 bits per heavy atom. The van der Waals surface area contributed by atoms with Crippen LogP contribution in [-0.2, 0) is 14.3 Å². The SMILES string of the molecule is CC1=C2C=COC(C)C2(C)OC1=O. The highest BCUT2D eigenvalue weighted by atomic mass is 16.6. The van der Waals surface area contributed by atoms with E-state index in [-0.39, 0.29) is 12.1 Å². The minimum Gasteiger partial charge on any atom is -0.494 e. The fourth-order valence-corrected chi connectivity index (χ4v) is 1.75. The molecule has 0 saturated carbocycles. The fourth-order valence-electron chi connectivity index (χ4n) is 1.75. The molecule has 70 valence electrons. The topological polar surface area (TPSA) is 35.5 Å². The van der Waals surface area contributed by atoms with Gasteiger partial charge in [-0.15, -0.1) is 0 Å². The van der Waals surface area contributed by atoms with Gasteiger partial charge < -0.3 is 9.47 Å². The van der Waals surface area contributed by atoms with Gasteiger partial charge in [0.15, 0.2) is 5.60 Å². The van der Waals surface area contributed by atoms with Gasteiger partial charge in [0.2, 0.25) is 0 Å². The van der Waals surface area contributed by atoms with Crippen molar-refractivity contribution in [2.75, 3.05) is 0 Å². The van der Waals surface area contributed by atoms with Crippen LogP contribution in [0.2, 0.25) is 0 Å². The van der Waals surface area contributed by atoms with Crippen LogP contribution in [0.4, 0.5) is 0 Å². The Balaban J connectivity index is 2.54. The summed E-state index contributed by atoms with van der Waals surface area (Å²) in [4.78, 5) is 11.3. The molecule has 2 aliphatic rings. The van der Waals surface area contributed by atoms with Crippen LogP contribution in [0.5, 0.6) is 0 Å². The van der Waals surface area contributed by atoms with Crippen molar-refractivity contribution in [3.63, 3.8) is 0 Å². The lowest BCUT2D eigenvalue weighted by atomic mass is 9.88. The maximum Gasteiger partial charge on any atom is 0.335 e. The molecule has 0 saturated heterocycles. The van der Waals surface area contributed by atoms with Gasteiger partial charge >= 0.3 is 5.97 Å². The predicted molar refractivity (Wildman–Crippen MR) is 46.9 cm³/mol. The molecule has 0 aromatic rings. The lowest BCUT2D eigenvalue weighted by Gasteiger charge is -2.33. The quantitative estimate of drug-likeness (QED) is 0.530. The second-order valence-corrected chi connectivity index (χ2v) is 3.62. The highest BCUT2D eigenvalue weighted by molar-refractivity contribution is 5.93. The van der Waals surface area contributed by atoms with Crippen molar-refractivity contribution in [1.82, 2.24) is 0 Å². The van der Waals surface area contributed by atoms with E-state index < -0.39 is 5.60 Å². The Morgan fingerprint density at radius 1 is 1.54 bits per heavy atom. The normalized spacial score (nSPS) is 37.2. The third kappa shape index (κ3) is 0.930. The molecule has 3 nitrogen and oxygen atoms in total. The van der Waals surface area contributed by atoms with E-state index in [0.29, 0.717) is 5.57 Å². The van der Waals surface area contributed by atoms with Crippen molar-refractivity contribution in [3.8, 4) is 0 Å². The summed E-state index contributed by atoms with van der Waals surface area (Å²) in [7, 11) is 0. The first-order chi connectivity index (χ1) is 6.05. The van der Waals surface area contributed by atoms with Gasteiger partial charge in [-0.25, -0.2) is 4.79 Å². The molecule has 0 radical (unpaired) electrons. The van der Waals surface area contributed by atoms with Gasteiger partial charge in [0.1, 0.15) is 6.10 Å². The number of fused-ring (bicyclic) bond motifs is 1. The molecule has 2 rings (SSSR count). The van der Waals surface area contributed by atoms with Gasteiger partial charge in [0.05, 0.1) is 6.26 Å². The molecule has 0 bridgehead atoms. The Bertz CT molecular complexity index is 327. The molecule has 0 aliphatic carbocycles. The lowest BCUT2D eigenvalue weighted by molar-refractivity contribution is -0.154. The molecule has 2 atom stereocenters. The molecule has 2 unspecified atom stereocenters. The Kier molecular flexibility index (Phi) is 1.53. The summed E-state index contributed by atoms with van der Waals surface area (Å²) in [5.41, 5.74) is 1.04. The second kappa shape index (κ2) is 2.37. The summed E-state index contributed by atoms with van der Waals surface area (Å²) in [6.45, 7) is 5.56. The van der Waals surface area contributed by atoms with Crippen LogP contribution in [0.3, 0.4) is 0 Å². The van der Waals surface area contributed by atoms with Crippen LogP contribution in [0, 0.1) is 0 Å². The minimum atomic E-state index is -0.587. The fraction of sp³-hybridized carbons (Fsp3) is 0.500. The maximum atomic E-state index is 11.3. The first-order valence-electron chi connectivity index (χ1n) is 4.32. The van der Waals surface area contributed by atoms with Crippen LogP contribution >= 0.6 is 0 Å². The molecule has 0 amide bonds. The van der Waals surface area contributed by atoms with Crippen LogP contribution in [0.25, 0.3) is 0 Å². The molecule has 0 N–H and O–H groups in total. The Morgan fingerprint density at radius 2 is 2.23 bits per heavy atom. The van der Waals surface area contributed by atoms with Crippen LogP contribution in [0.1, 0.15) is 20.8 Å². The molecule has 0 spiro atoms. The zero-order valence-electron chi connectivity index (χ0n) is 7.96. The van der Waals surface area contributed by atoms with E-state index in [1.165, 1.54) is 0 Å². The molecule has 0 fully saturated rings. The standard InChI is InChI=1S/C10H12O3/c1-6-8-4-5-12-7(2)10(8,3)13-9(6)11/h4-5,7H,1-3H3. The van der Waals surface area contributed by atoms with Gasteiger partial charge in [0, 0.05) is 11.1 Å². The molecular formula is C10H12O3. The van der Waals surface area contributed by atoms with Gasteiger partial charge in [-0.3, -0.25) is 0 Å². The van der Waals surface area contributed by atoms with E-state index in [0.717, 1.165) is 5.57 Å².